The number of halogens is 1. The number of benzene rings is 1. The quantitative estimate of drug-likeness (QED) is 0.774. The third-order valence-corrected chi connectivity index (χ3v) is 3.73. The Morgan fingerprint density at radius 1 is 1.53 bits per heavy atom. The first-order valence-corrected chi connectivity index (χ1v) is 6.69. The van der Waals surface area contributed by atoms with Gasteiger partial charge in [0, 0.05) is 17.1 Å². The highest BCUT2D eigenvalue weighted by Crippen LogP contribution is 2.37. The van der Waals surface area contributed by atoms with Gasteiger partial charge in [-0.3, -0.25) is 0 Å². The van der Waals surface area contributed by atoms with Crippen LogP contribution in [0, 0.1) is 0 Å². The average molecular weight is 250 g/mol. The van der Waals surface area contributed by atoms with Gasteiger partial charge in [0.05, 0.1) is 0 Å². The zero-order valence-electron chi connectivity index (χ0n) is 10.3. The number of rotatable bonds is 5. The van der Waals surface area contributed by atoms with E-state index in [1.165, 1.54) is 18.4 Å². The molecule has 1 aromatic carbocycles. The first-order chi connectivity index (χ1) is 8.19. The summed E-state index contributed by atoms with van der Waals surface area (Å²) >= 11 is 6.01. The largest absolute Gasteiger partial charge is 0.311 e. The second-order valence-electron chi connectivity index (χ2n) is 5.01. The molecule has 0 radical (unpaired) electrons. The van der Waals surface area contributed by atoms with Gasteiger partial charge in [0.15, 0.2) is 0 Å². The van der Waals surface area contributed by atoms with Gasteiger partial charge in [-0.05, 0) is 49.8 Å². The van der Waals surface area contributed by atoms with E-state index in [9.17, 15) is 0 Å². The molecule has 1 atom stereocenters. The molecular formula is C15H20ClN. The Kier molecular flexibility index (Phi) is 4.25. The van der Waals surface area contributed by atoms with Crippen LogP contribution in [0.5, 0.6) is 0 Å². The van der Waals surface area contributed by atoms with Gasteiger partial charge >= 0.3 is 0 Å². The second kappa shape index (κ2) is 5.70. The Morgan fingerprint density at radius 2 is 2.29 bits per heavy atom. The molecular weight excluding hydrogens is 230 g/mol. The maximum atomic E-state index is 6.01. The van der Waals surface area contributed by atoms with Crippen molar-refractivity contribution in [2.24, 2.45) is 0 Å². The summed E-state index contributed by atoms with van der Waals surface area (Å²) < 4.78 is 0. The standard InChI is InChI=1S/C15H20ClN/c1-3-5-11(2)17-15-9-13(10-15)12-6-4-7-14(16)8-12/h3-4,6-8,11,13,15,17H,1,5,9-10H2,2H3. The summed E-state index contributed by atoms with van der Waals surface area (Å²) in [5.41, 5.74) is 1.38. The summed E-state index contributed by atoms with van der Waals surface area (Å²) in [7, 11) is 0. The molecule has 1 N–H and O–H groups in total. The molecule has 1 nitrogen and oxygen atoms in total. The van der Waals surface area contributed by atoms with Crippen LogP contribution in [0.25, 0.3) is 0 Å². The minimum atomic E-state index is 0.540. The summed E-state index contributed by atoms with van der Waals surface area (Å²) in [6.07, 6.45) is 5.47. The molecule has 1 aliphatic rings. The summed E-state index contributed by atoms with van der Waals surface area (Å²) in [6.45, 7) is 5.99. The highest BCUT2D eigenvalue weighted by atomic mass is 35.5. The zero-order chi connectivity index (χ0) is 12.3. The van der Waals surface area contributed by atoms with Gasteiger partial charge < -0.3 is 5.32 Å². The molecule has 0 bridgehead atoms. The third-order valence-electron chi connectivity index (χ3n) is 3.50. The first-order valence-electron chi connectivity index (χ1n) is 6.31. The van der Waals surface area contributed by atoms with Gasteiger partial charge in [-0.15, -0.1) is 6.58 Å². The van der Waals surface area contributed by atoms with Crippen molar-refractivity contribution in [1.29, 1.82) is 0 Å². The molecule has 0 saturated heterocycles. The lowest BCUT2D eigenvalue weighted by molar-refractivity contribution is 0.270. The zero-order valence-corrected chi connectivity index (χ0v) is 11.1. The molecule has 2 rings (SSSR count). The smallest absolute Gasteiger partial charge is 0.0408 e. The van der Waals surface area contributed by atoms with Crippen LogP contribution in [0.3, 0.4) is 0 Å². The third kappa shape index (κ3) is 3.34. The molecule has 1 aromatic rings. The molecule has 1 unspecified atom stereocenters. The fourth-order valence-corrected chi connectivity index (χ4v) is 2.71. The maximum absolute atomic E-state index is 6.01. The monoisotopic (exact) mass is 249 g/mol. The molecule has 17 heavy (non-hydrogen) atoms. The van der Waals surface area contributed by atoms with E-state index in [1.807, 2.05) is 18.2 Å². The molecule has 1 saturated carbocycles. The van der Waals surface area contributed by atoms with Crippen LogP contribution < -0.4 is 5.32 Å². The van der Waals surface area contributed by atoms with Crippen molar-refractivity contribution in [2.75, 3.05) is 0 Å². The molecule has 0 spiro atoms. The normalized spacial score (nSPS) is 25.1. The maximum Gasteiger partial charge on any atom is 0.0408 e. The lowest BCUT2D eigenvalue weighted by atomic mass is 9.75. The van der Waals surface area contributed by atoms with Crippen LogP contribution in [-0.2, 0) is 0 Å². The Balaban J connectivity index is 1.80. The van der Waals surface area contributed by atoms with Crippen LogP contribution in [-0.4, -0.2) is 12.1 Å². The fourth-order valence-electron chi connectivity index (χ4n) is 2.51. The number of hydrogen-bond donors (Lipinski definition) is 1. The van der Waals surface area contributed by atoms with E-state index in [1.54, 1.807) is 0 Å². The van der Waals surface area contributed by atoms with Crippen molar-refractivity contribution in [3.63, 3.8) is 0 Å². The highest BCUT2D eigenvalue weighted by molar-refractivity contribution is 6.30. The Labute approximate surface area is 109 Å². The molecule has 1 aliphatic carbocycles. The SMILES string of the molecule is C=CCC(C)NC1CC(c2cccc(Cl)c2)C1. The van der Waals surface area contributed by atoms with E-state index in [-0.39, 0.29) is 0 Å². The van der Waals surface area contributed by atoms with Crippen LogP contribution in [0.15, 0.2) is 36.9 Å². The van der Waals surface area contributed by atoms with E-state index in [4.69, 9.17) is 11.6 Å². The Hall–Kier alpha value is -0.790. The molecule has 0 aromatic heterocycles. The van der Waals surface area contributed by atoms with E-state index < -0.39 is 0 Å². The summed E-state index contributed by atoms with van der Waals surface area (Å²) in [4.78, 5) is 0. The molecule has 1 fully saturated rings. The van der Waals surface area contributed by atoms with Gasteiger partial charge in [0.2, 0.25) is 0 Å². The van der Waals surface area contributed by atoms with Crippen LogP contribution in [0.1, 0.15) is 37.7 Å². The van der Waals surface area contributed by atoms with Gasteiger partial charge in [-0.25, -0.2) is 0 Å². The first kappa shape index (κ1) is 12.7. The van der Waals surface area contributed by atoms with Crippen LogP contribution in [0.4, 0.5) is 0 Å². The van der Waals surface area contributed by atoms with Crippen molar-refractivity contribution in [3.8, 4) is 0 Å². The van der Waals surface area contributed by atoms with Crippen molar-refractivity contribution in [2.45, 2.75) is 44.2 Å². The molecule has 0 amide bonds. The van der Waals surface area contributed by atoms with Crippen molar-refractivity contribution < 1.29 is 0 Å². The second-order valence-corrected chi connectivity index (χ2v) is 5.45. The van der Waals surface area contributed by atoms with Crippen LogP contribution >= 0.6 is 11.6 Å². The summed E-state index contributed by atoms with van der Waals surface area (Å²) in [5, 5.41) is 4.47. The lowest BCUT2D eigenvalue weighted by Crippen LogP contribution is -2.44. The van der Waals surface area contributed by atoms with E-state index in [0.29, 0.717) is 18.0 Å². The van der Waals surface area contributed by atoms with Gasteiger partial charge in [0.25, 0.3) is 0 Å². The molecule has 92 valence electrons. The van der Waals surface area contributed by atoms with Gasteiger partial charge in [-0.2, -0.15) is 0 Å². The van der Waals surface area contributed by atoms with Crippen molar-refractivity contribution in [3.05, 3.63) is 47.5 Å². The molecule has 0 heterocycles. The van der Waals surface area contributed by atoms with Crippen molar-refractivity contribution >= 4 is 11.6 Å². The van der Waals surface area contributed by atoms with E-state index in [0.717, 1.165) is 11.4 Å². The fraction of sp³-hybridized carbons (Fsp3) is 0.467. The van der Waals surface area contributed by atoms with E-state index in [2.05, 4.69) is 31.0 Å². The Bertz CT molecular complexity index is 382. The van der Waals surface area contributed by atoms with Gasteiger partial charge in [-0.1, -0.05) is 29.8 Å². The molecule has 2 heteroatoms. The Morgan fingerprint density at radius 3 is 2.94 bits per heavy atom. The summed E-state index contributed by atoms with van der Waals surface area (Å²) in [6, 6.07) is 9.45. The van der Waals surface area contributed by atoms with Crippen LogP contribution in [0.2, 0.25) is 5.02 Å². The predicted octanol–water partition coefficient (Wildman–Crippen LogP) is 4.14. The number of nitrogens with one attached hydrogen (secondary N) is 1. The minimum absolute atomic E-state index is 0.540. The average Bonchev–Trinajstić information content (AvgIpc) is 2.23. The van der Waals surface area contributed by atoms with Crippen molar-refractivity contribution in [1.82, 2.24) is 5.32 Å². The lowest BCUT2D eigenvalue weighted by Gasteiger charge is -2.38. The highest BCUT2D eigenvalue weighted by Gasteiger charge is 2.30. The number of hydrogen-bond acceptors (Lipinski definition) is 1. The van der Waals surface area contributed by atoms with E-state index >= 15 is 0 Å². The molecule has 0 aliphatic heterocycles. The predicted molar refractivity (Wildman–Crippen MR) is 74.6 cm³/mol. The van der Waals surface area contributed by atoms with Gasteiger partial charge in [0.1, 0.15) is 0 Å². The topological polar surface area (TPSA) is 12.0 Å². The summed E-state index contributed by atoms with van der Waals surface area (Å²) in [5.74, 6) is 0.683. The minimum Gasteiger partial charge on any atom is -0.311 e.